The fourth-order valence-corrected chi connectivity index (χ4v) is 2.06. The molecule has 20 heavy (non-hydrogen) atoms. The van der Waals surface area contributed by atoms with Crippen molar-refractivity contribution in [1.29, 1.82) is 0 Å². The van der Waals surface area contributed by atoms with Crippen molar-refractivity contribution in [1.82, 2.24) is 9.97 Å². The lowest BCUT2D eigenvalue weighted by Crippen LogP contribution is -2.14. The SMILES string of the molecule is CC(C)c1ccc(NC(=O)c2cc(Cl)nc(Cl)n2)cc1. The average Bonchev–Trinajstić information content (AvgIpc) is 2.38. The van der Waals surface area contributed by atoms with Crippen LogP contribution in [0.4, 0.5) is 5.69 Å². The van der Waals surface area contributed by atoms with Crippen LogP contribution >= 0.6 is 23.2 Å². The second-order valence-corrected chi connectivity index (χ2v) is 5.30. The Kier molecular flexibility index (Phi) is 4.57. The molecule has 0 aliphatic heterocycles. The highest BCUT2D eigenvalue weighted by Crippen LogP contribution is 2.18. The molecule has 1 N–H and O–H groups in total. The van der Waals surface area contributed by atoms with Crippen LogP contribution in [0.5, 0.6) is 0 Å². The van der Waals surface area contributed by atoms with Crippen LogP contribution in [0.2, 0.25) is 10.4 Å². The van der Waals surface area contributed by atoms with Gasteiger partial charge in [0.15, 0.2) is 0 Å². The van der Waals surface area contributed by atoms with Crippen molar-refractivity contribution in [2.75, 3.05) is 5.32 Å². The first kappa shape index (κ1) is 14.8. The van der Waals surface area contributed by atoms with Crippen molar-refractivity contribution < 1.29 is 4.79 Å². The summed E-state index contributed by atoms with van der Waals surface area (Å²) >= 11 is 11.4. The van der Waals surface area contributed by atoms with E-state index in [4.69, 9.17) is 23.2 Å². The highest BCUT2D eigenvalue weighted by atomic mass is 35.5. The highest BCUT2D eigenvalue weighted by Gasteiger charge is 2.11. The molecule has 0 atom stereocenters. The first-order valence-electron chi connectivity index (χ1n) is 6.07. The monoisotopic (exact) mass is 309 g/mol. The summed E-state index contributed by atoms with van der Waals surface area (Å²) in [5.41, 5.74) is 2.02. The molecule has 0 aliphatic carbocycles. The number of benzene rings is 1. The third kappa shape index (κ3) is 3.68. The molecule has 0 fully saturated rings. The summed E-state index contributed by atoms with van der Waals surface area (Å²) in [6, 6.07) is 9.00. The smallest absolute Gasteiger partial charge is 0.274 e. The van der Waals surface area contributed by atoms with Crippen molar-refractivity contribution in [3.63, 3.8) is 0 Å². The molecule has 4 nitrogen and oxygen atoms in total. The summed E-state index contributed by atoms with van der Waals surface area (Å²) in [4.78, 5) is 19.5. The Morgan fingerprint density at radius 2 is 1.80 bits per heavy atom. The molecule has 0 bridgehead atoms. The quantitative estimate of drug-likeness (QED) is 0.684. The molecule has 104 valence electrons. The fraction of sp³-hybridized carbons (Fsp3) is 0.214. The van der Waals surface area contributed by atoms with Crippen LogP contribution in [0, 0.1) is 0 Å². The van der Waals surface area contributed by atoms with E-state index in [0.29, 0.717) is 11.6 Å². The zero-order valence-corrected chi connectivity index (χ0v) is 12.5. The van der Waals surface area contributed by atoms with Gasteiger partial charge in [-0.1, -0.05) is 37.6 Å². The Morgan fingerprint density at radius 3 is 2.35 bits per heavy atom. The highest BCUT2D eigenvalue weighted by molar-refractivity contribution is 6.32. The van der Waals surface area contributed by atoms with E-state index in [1.807, 2.05) is 24.3 Å². The van der Waals surface area contributed by atoms with Crippen molar-refractivity contribution in [2.45, 2.75) is 19.8 Å². The minimum Gasteiger partial charge on any atom is -0.321 e. The van der Waals surface area contributed by atoms with Gasteiger partial charge in [0.1, 0.15) is 10.8 Å². The van der Waals surface area contributed by atoms with Crippen molar-refractivity contribution in [2.24, 2.45) is 0 Å². The van der Waals surface area contributed by atoms with Gasteiger partial charge in [-0.2, -0.15) is 0 Å². The number of anilines is 1. The lowest BCUT2D eigenvalue weighted by molar-refractivity contribution is 0.102. The Bertz CT molecular complexity index is 607. The Morgan fingerprint density at radius 1 is 1.15 bits per heavy atom. The van der Waals surface area contributed by atoms with Gasteiger partial charge in [0, 0.05) is 11.8 Å². The molecule has 1 heterocycles. The summed E-state index contributed by atoms with van der Waals surface area (Å²) in [6.45, 7) is 4.22. The molecule has 2 rings (SSSR count). The number of hydrogen-bond donors (Lipinski definition) is 1. The van der Waals surface area contributed by atoms with E-state index in [2.05, 4.69) is 29.1 Å². The second-order valence-electron chi connectivity index (χ2n) is 4.58. The summed E-state index contributed by atoms with van der Waals surface area (Å²) < 4.78 is 0. The van der Waals surface area contributed by atoms with Crippen LogP contribution in [-0.2, 0) is 0 Å². The van der Waals surface area contributed by atoms with Gasteiger partial charge in [-0.15, -0.1) is 0 Å². The third-order valence-electron chi connectivity index (χ3n) is 2.74. The normalized spacial score (nSPS) is 10.7. The number of nitrogens with zero attached hydrogens (tertiary/aromatic N) is 2. The van der Waals surface area contributed by atoms with Gasteiger partial charge in [0.25, 0.3) is 5.91 Å². The van der Waals surface area contributed by atoms with E-state index < -0.39 is 0 Å². The molecular weight excluding hydrogens is 297 g/mol. The zero-order chi connectivity index (χ0) is 14.7. The minimum atomic E-state index is -0.381. The molecule has 0 saturated heterocycles. The van der Waals surface area contributed by atoms with Gasteiger partial charge >= 0.3 is 0 Å². The Labute approximate surface area is 127 Å². The molecule has 2 aromatic rings. The van der Waals surface area contributed by atoms with Gasteiger partial charge in [-0.25, -0.2) is 9.97 Å². The predicted molar refractivity (Wildman–Crippen MR) is 80.5 cm³/mol. The van der Waals surface area contributed by atoms with Crippen molar-refractivity contribution in [3.05, 3.63) is 52.0 Å². The molecule has 1 aromatic heterocycles. The topological polar surface area (TPSA) is 54.9 Å². The lowest BCUT2D eigenvalue weighted by atomic mass is 10.0. The van der Waals surface area contributed by atoms with E-state index in [-0.39, 0.29) is 22.0 Å². The van der Waals surface area contributed by atoms with E-state index in [1.54, 1.807) is 0 Å². The largest absolute Gasteiger partial charge is 0.321 e. The van der Waals surface area contributed by atoms with Gasteiger partial charge < -0.3 is 5.32 Å². The minimum absolute atomic E-state index is 0.0576. The van der Waals surface area contributed by atoms with E-state index in [0.717, 1.165) is 0 Å². The number of amides is 1. The van der Waals surface area contributed by atoms with Crippen LogP contribution in [0.15, 0.2) is 30.3 Å². The lowest BCUT2D eigenvalue weighted by Gasteiger charge is -2.08. The van der Waals surface area contributed by atoms with Crippen LogP contribution < -0.4 is 5.32 Å². The molecule has 0 unspecified atom stereocenters. The van der Waals surface area contributed by atoms with Crippen LogP contribution in [0.25, 0.3) is 0 Å². The first-order chi connectivity index (χ1) is 9.45. The van der Waals surface area contributed by atoms with E-state index in [1.165, 1.54) is 11.6 Å². The van der Waals surface area contributed by atoms with Crippen LogP contribution in [0.1, 0.15) is 35.8 Å². The number of nitrogens with one attached hydrogen (secondary N) is 1. The van der Waals surface area contributed by atoms with E-state index in [9.17, 15) is 4.79 Å². The number of hydrogen-bond acceptors (Lipinski definition) is 3. The van der Waals surface area contributed by atoms with Crippen molar-refractivity contribution >= 4 is 34.8 Å². The maximum Gasteiger partial charge on any atom is 0.274 e. The molecule has 6 heteroatoms. The van der Waals surface area contributed by atoms with Gasteiger partial charge in [-0.05, 0) is 35.2 Å². The predicted octanol–water partition coefficient (Wildman–Crippen LogP) is 4.16. The van der Waals surface area contributed by atoms with Gasteiger partial charge in [-0.3, -0.25) is 4.79 Å². The number of rotatable bonds is 3. The van der Waals surface area contributed by atoms with Crippen LogP contribution in [-0.4, -0.2) is 15.9 Å². The molecule has 1 amide bonds. The first-order valence-corrected chi connectivity index (χ1v) is 6.82. The standard InChI is InChI=1S/C14H13Cl2N3O/c1-8(2)9-3-5-10(6-4-9)17-13(20)11-7-12(15)19-14(16)18-11/h3-8H,1-2H3,(H,17,20). The number of halogens is 2. The molecule has 0 spiro atoms. The summed E-state index contributed by atoms with van der Waals surface area (Å²) in [5.74, 6) is 0.0627. The third-order valence-corrected chi connectivity index (χ3v) is 3.10. The van der Waals surface area contributed by atoms with Crippen molar-refractivity contribution in [3.8, 4) is 0 Å². The number of carbonyl (C=O) groups is 1. The number of carbonyl (C=O) groups excluding carboxylic acids is 1. The molecule has 1 aromatic carbocycles. The average molecular weight is 310 g/mol. The summed E-state index contributed by atoms with van der Waals surface area (Å²) in [7, 11) is 0. The second kappa shape index (κ2) is 6.20. The maximum atomic E-state index is 12.0. The fourth-order valence-electron chi connectivity index (χ4n) is 1.65. The Hall–Kier alpha value is -1.65. The van der Waals surface area contributed by atoms with Gasteiger partial charge in [0.05, 0.1) is 0 Å². The summed E-state index contributed by atoms with van der Waals surface area (Å²) in [5, 5.41) is 2.80. The number of aromatic nitrogens is 2. The molecular formula is C14H13Cl2N3O. The van der Waals surface area contributed by atoms with E-state index >= 15 is 0 Å². The summed E-state index contributed by atoms with van der Waals surface area (Å²) in [6.07, 6.45) is 0. The molecule has 0 radical (unpaired) electrons. The van der Waals surface area contributed by atoms with Crippen LogP contribution in [0.3, 0.4) is 0 Å². The maximum absolute atomic E-state index is 12.0. The Balaban J connectivity index is 2.14. The zero-order valence-electron chi connectivity index (χ0n) is 11.0. The molecule has 0 aliphatic rings. The molecule has 0 saturated carbocycles. The van der Waals surface area contributed by atoms with Gasteiger partial charge in [0.2, 0.25) is 5.28 Å².